The van der Waals surface area contributed by atoms with Crippen LogP contribution in [0.2, 0.25) is 0 Å². The van der Waals surface area contributed by atoms with Gasteiger partial charge in [-0.25, -0.2) is 4.68 Å². The highest BCUT2D eigenvalue weighted by Crippen LogP contribution is 2.16. The molecule has 0 aliphatic carbocycles. The van der Waals surface area contributed by atoms with Gasteiger partial charge in [0.05, 0.1) is 5.69 Å². The lowest BCUT2D eigenvalue weighted by Gasteiger charge is -2.05. The minimum atomic E-state index is 0.778. The number of anilines is 1. The maximum atomic E-state index is 5.86. The zero-order chi connectivity index (χ0) is 9.97. The number of rotatable bonds is 2. The van der Waals surface area contributed by atoms with Crippen LogP contribution in [0.4, 0.5) is 5.69 Å². The van der Waals surface area contributed by atoms with Gasteiger partial charge < -0.3 is 5.73 Å². The average molecular weight is 189 g/mol. The van der Waals surface area contributed by atoms with E-state index in [-0.39, 0.29) is 0 Å². The molecule has 1 heterocycles. The molecule has 0 fully saturated rings. The zero-order valence-corrected chi connectivity index (χ0v) is 7.88. The molecule has 14 heavy (non-hydrogen) atoms. The second kappa shape index (κ2) is 3.45. The number of nitrogen functional groups attached to an aromatic ring is 1. The Labute approximate surface area is 81.5 Å². The molecule has 0 bridgehead atoms. The number of hydrogen-bond acceptors (Lipinski definition) is 4. The Morgan fingerprint density at radius 1 is 1.43 bits per heavy atom. The second-order valence-corrected chi connectivity index (χ2v) is 2.99. The van der Waals surface area contributed by atoms with Crippen LogP contribution in [0, 0.1) is 0 Å². The summed E-state index contributed by atoms with van der Waals surface area (Å²) in [6.07, 6.45) is 2.47. The highest BCUT2D eigenvalue weighted by atomic mass is 15.5. The molecule has 0 unspecified atom stereocenters. The van der Waals surface area contributed by atoms with E-state index < -0.39 is 0 Å². The molecule has 0 saturated heterocycles. The third kappa shape index (κ3) is 1.44. The van der Waals surface area contributed by atoms with Gasteiger partial charge >= 0.3 is 0 Å². The Bertz CT molecular complexity index is 421. The topological polar surface area (TPSA) is 69.6 Å². The Morgan fingerprint density at radius 2 is 2.29 bits per heavy atom. The van der Waals surface area contributed by atoms with Crippen LogP contribution < -0.4 is 5.73 Å². The number of aromatic nitrogens is 4. The fourth-order valence-corrected chi connectivity index (χ4v) is 1.33. The van der Waals surface area contributed by atoms with Crippen molar-refractivity contribution in [2.45, 2.75) is 13.3 Å². The summed E-state index contributed by atoms with van der Waals surface area (Å²) in [4.78, 5) is 0. The number of benzene rings is 1. The minimum absolute atomic E-state index is 0.778. The fourth-order valence-electron chi connectivity index (χ4n) is 1.33. The Morgan fingerprint density at radius 3 is 2.86 bits per heavy atom. The van der Waals surface area contributed by atoms with Crippen LogP contribution in [-0.4, -0.2) is 20.2 Å². The van der Waals surface area contributed by atoms with Crippen LogP contribution in [0.3, 0.4) is 0 Å². The maximum absolute atomic E-state index is 5.86. The molecule has 2 aromatic rings. The highest BCUT2D eigenvalue weighted by Gasteiger charge is 2.01. The van der Waals surface area contributed by atoms with E-state index in [1.54, 1.807) is 11.0 Å². The molecule has 0 amide bonds. The van der Waals surface area contributed by atoms with Gasteiger partial charge in [0, 0.05) is 5.69 Å². The first-order chi connectivity index (χ1) is 6.81. The van der Waals surface area contributed by atoms with Crippen molar-refractivity contribution < 1.29 is 0 Å². The summed E-state index contributed by atoms with van der Waals surface area (Å²) in [5.74, 6) is 0. The monoisotopic (exact) mass is 189 g/mol. The third-order valence-electron chi connectivity index (χ3n) is 2.12. The van der Waals surface area contributed by atoms with Gasteiger partial charge in [-0.15, -0.1) is 5.10 Å². The lowest BCUT2D eigenvalue weighted by Crippen LogP contribution is -1.99. The summed E-state index contributed by atoms with van der Waals surface area (Å²) in [5.41, 5.74) is 8.65. The first-order valence-corrected chi connectivity index (χ1v) is 4.43. The molecular weight excluding hydrogens is 178 g/mol. The van der Waals surface area contributed by atoms with Crippen molar-refractivity contribution in [2.24, 2.45) is 0 Å². The molecule has 0 radical (unpaired) electrons. The molecule has 5 nitrogen and oxygen atoms in total. The standard InChI is InChI=1S/C9H11N5/c1-2-7-3-4-8(5-9(7)10)14-6-11-12-13-14/h3-6H,2,10H2,1H3. The number of tetrazole rings is 1. The zero-order valence-electron chi connectivity index (χ0n) is 7.88. The summed E-state index contributed by atoms with van der Waals surface area (Å²) < 4.78 is 1.58. The predicted octanol–water partition coefficient (Wildman–Crippen LogP) is 0.807. The normalized spacial score (nSPS) is 10.4. The highest BCUT2D eigenvalue weighted by molar-refractivity contribution is 5.53. The molecule has 2 N–H and O–H groups in total. The molecule has 5 heteroatoms. The van der Waals surface area contributed by atoms with Crippen molar-refractivity contribution in [2.75, 3.05) is 5.73 Å². The van der Waals surface area contributed by atoms with Gasteiger partial charge in [0.15, 0.2) is 0 Å². The van der Waals surface area contributed by atoms with Gasteiger partial charge in [-0.3, -0.25) is 0 Å². The van der Waals surface area contributed by atoms with Crippen LogP contribution in [0.5, 0.6) is 0 Å². The summed E-state index contributed by atoms with van der Waals surface area (Å²) in [5, 5.41) is 10.9. The van der Waals surface area contributed by atoms with Crippen LogP contribution in [-0.2, 0) is 6.42 Å². The number of aryl methyl sites for hydroxylation is 1. The first kappa shape index (κ1) is 8.68. The van der Waals surface area contributed by atoms with E-state index in [1.807, 2.05) is 18.2 Å². The van der Waals surface area contributed by atoms with Crippen molar-refractivity contribution in [3.63, 3.8) is 0 Å². The van der Waals surface area contributed by atoms with Crippen molar-refractivity contribution in [3.05, 3.63) is 30.1 Å². The van der Waals surface area contributed by atoms with Gasteiger partial charge in [0.25, 0.3) is 0 Å². The predicted molar refractivity (Wildman–Crippen MR) is 52.9 cm³/mol. The molecule has 1 aromatic heterocycles. The van der Waals surface area contributed by atoms with Crippen LogP contribution in [0.25, 0.3) is 5.69 Å². The summed E-state index contributed by atoms with van der Waals surface area (Å²) in [7, 11) is 0. The Kier molecular flexibility index (Phi) is 2.14. The SMILES string of the molecule is CCc1ccc(-n2cnnn2)cc1N. The van der Waals surface area contributed by atoms with Crippen LogP contribution in [0.1, 0.15) is 12.5 Å². The molecule has 0 atom stereocenters. The van der Waals surface area contributed by atoms with E-state index in [9.17, 15) is 0 Å². The molecule has 1 aromatic carbocycles. The Hall–Kier alpha value is -1.91. The fraction of sp³-hybridized carbons (Fsp3) is 0.222. The first-order valence-electron chi connectivity index (χ1n) is 4.43. The lowest BCUT2D eigenvalue weighted by molar-refractivity contribution is 0.789. The molecule has 0 saturated carbocycles. The lowest BCUT2D eigenvalue weighted by atomic mass is 10.1. The minimum Gasteiger partial charge on any atom is -0.398 e. The summed E-state index contributed by atoms with van der Waals surface area (Å²) in [6, 6.07) is 5.81. The van der Waals surface area contributed by atoms with Gasteiger partial charge in [-0.1, -0.05) is 13.0 Å². The van der Waals surface area contributed by atoms with Gasteiger partial charge in [0.1, 0.15) is 6.33 Å². The van der Waals surface area contributed by atoms with Crippen molar-refractivity contribution >= 4 is 5.69 Å². The van der Waals surface area contributed by atoms with Crippen LogP contribution >= 0.6 is 0 Å². The van der Waals surface area contributed by atoms with Crippen LogP contribution in [0.15, 0.2) is 24.5 Å². The molecule has 0 spiro atoms. The maximum Gasteiger partial charge on any atom is 0.143 e. The number of nitrogens with zero attached hydrogens (tertiary/aromatic N) is 4. The van der Waals surface area contributed by atoms with E-state index in [4.69, 9.17) is 5.73 Å². The van der Waals surface area contributed by atoms with E-state index in [0.717, 1.165) is 23.4 Å². The van der Waals surface area contributed by atoms with Gasteiger partial charge in [-0.2, -0.15) is 0 Å². The largest absolute Gasteiger partial charge is 0.398 e. The molecule has 2 rings (SSSR count). The molecule has 0 aliphatic heterocycles. The molecule has 0 aliphatic rings. The summed E-state index contributed by atoms with van der Waals surface area (Å²) >= 11 is 0. The van der Waals surface area contributed by atoms with E-state index >= 15 is 0 Å². The quantitative estimate of drug-likeness (QED) is 0.709. The van der Waals surface area contributed by atoms with Crippen molar-refractivity contribution in [3.8, 4) is 5.69 Å². The third-order valence-corrected chi connectivity index (χ3v) is 2.12. The Balaban J connectivity index is 2.43. The second-order valence-electron chi connectivity index (χ2n) is 2.99. The van der Waals surface area contributed by atoms with E-state index in [1.165, 1.54) is 0 Å². The van der Waals surface area contributed by atoms with E-state index in [0.29, 0.717) is 0 Å². The van der Waals surface area contributed by atoms with Crippen molar-refractivity contribution in [1.29, 1.82) is 0 Å². The van der Waals surface area contributed by atoms with Gasteiger partial charge in [-0.05, 0) is 34.5 Å². The molecule has 72 valence electrons. The summed E-state index contributed by atoms with van der Waals surface area (Å²) in [6.45, 7) is 2.07. The van der Waals surface area contributed by atoms with Gasteiger partial charge in [0.2, 0.25) is 0 Å². The number of nitrogens with two attached hydrogens (primary N) is 1. The smallest absolute Gasteiger partial charge is 0.143 e. The van der Waals surface area contributed by atoms with Crippen molar-refractivity contribution in [1.82, 2.24) is 20.2 Å². The number of hydrogen-bond donors (Lipinski definition) is 1. The van der Waals surface area contributed by atoms with E-state index in [2.05, 4.69) is 22.4 Å². The average Bonchev–Trinajstić information content (AvgIpc) is 2.70. The molecular formula is C9H11N5.